The van der Waals surface area contributed by atoms with Gasteiger partial charge in [-0.05, 0) is 29.7 Å². The predicted molar refractivity (Wildman–Crippen MR) is 78.7 cm³/mol. The van der Waals surface area contributed by atoms with Crippen molar-refractivity contribution in [2.75, 3.05) is 0 Å². The Morgan fingerprint density at radius 2 is 1.80 bits per heavy atom. The lowest BCUT2D eigenvalue weighted by atomic mass is 10.1. The molecule has 0 aliphatic heterocycles. The minimum absolute atomic E-state index is 0.256. The molecule has 1 heterocycles. The van der Waals surface area contributed by atoms with Gasteiger partial charge in [0, 0.05) is 16.5 Å². The van der Waals surface area contributed by atoms with E-state index in [4.69, 9.17) is 5.26 Å². The molecule has 20 heavy (non-hydrogen) atoms. The zero-order valence-corrected chi connectivity index (χ0v) is 11.3. The van der Waals surface area contributed by atoms with Crippen molar-refractivity contribution in [2.24, 2.45) is 0 Å². The number of aromatic hydroxyl groups is 1. The third-order valence-electron chi connectivity index (χ3n) is 2.96. The first-order valence-corrected chi connectivity index (χ1v) is 6.85. The van der Waals surface area contributed by atoms with Crippen LogP contribution >= 0.6 is 11.8 Å². The van der Waals surface area contributed by atoms with Crippen molar-refractivity contribution in [1.29, 1.82) is 5.26 Å². The molecule has 3 nitrogen and oxygen atoms in total. The first-order valence-electron chi connectivity index (χ1n) is 6.03. The van der Waals surface area contributed by atoms with Crippen LogP contribution in [0.15, 0.2) is 64.6 Å². The molecule has 0 saturated heterocycles. The van der Waals surface area contributed by atoms with E-state index in [-0.39, 0.29) is 5.75 Å². The highest BCUT2D eigenvalue weighted by Crippen LogP contribution is 2.37. The minimum Gasteiger partial charge on any atom is -0.507 e. The maximum atomic E-state index is 9.89. The second kappa shape index (κ2) is 5.24. The van der Waals surface area contributed by atoms with Gasteiger partial charge >= 0.3 is 0 Å². The fraction of sp³-hybridized carbons (Fsp3) is 0. The van der Waals surface area contributed by atoms with Crippen LogP contribution in [0.4, 0.5) is 0 Å². The van der Waals surface area contributed by atoms with Gasteiger partial charge < -0.3 is 5.11 Å². The number of hydrogen-bond acceptors (Lipinski definition) is 4. The Labute approximate surface area is 120 Å². The fourth-order valence-corrected chi connectivity index (χ4v) is 2.98. The van der Waals surface area contributed by atoms with Gasteiger partial charge in [0.25, 0.3) is 0 Å². The number of hydrogen-bond donors (Lipinski definition) is 1. The number of phenols is 1. The Bertz CT molecular complexity index is 824. The summed E-state index contributed by atoms with van der Waals surface area (Å²) in [5, 5.41) is 21.4. The molecule has 3 aromatic rings. The number of fused-ring (bicyclic) bond motifs is 1. The third-order valence-corrected chi connectivity index (χ3v) is 4.05. The molecule has 0 spiro atoms. The van der Waals surface area contributed by atoms with Gasteiger partial charge in [-0.25, -0.2) is 4.98 Å². The molecule has 0 unspecified atom stereocenters. The fourth-order valence-electron chi connectivity index (χ4n) is 2.01. The van der Waals surface area contributed by atoms with Crippen LogP contribution < -0.4 is 0 Å². The van der Waals surface area contributed by atoms with E-state index in [1.165, 1.54) is 11.8 Å². The average Bonchev–Trinajstić information content (AvgIpc) is 2.51. The summed E-state index contributed by atoms with van der Waals surface area (Å²) in [5.41, 5.74) is 0.551. The van der Waals surface area contributed by atoms with Crippen LogP contribution in [0.5, 0.6) is 5.75 Å². The monoisotopic (exact) mass is 278 g/mol. The Morgan fingerprint density at radius 1 is 1.00 bits per heavy atom. The first kappa shape index (κ1) is 12.5. The molecule has 3 rings (SSSR count). The molecule has 0 saturated carbocycles. The zero-order chi connectivity index (χ0) is 13.9. The van der Waals surface area contributed by atoms with Gasteiger partial charge in [0.15, 0.2) is 0 Å². The Morgan fingerprint density at radius 3 is 2.60 bits per heavy atom. The summed E-state index contributed by atoms with van der Waals surface area (Å²) in [6.45, 7) is 0. The molecule has 1 aromatic heterocycles. The number of aromatic nitrogens is 1. The molecule has 0 aliphatic rings. The smallest absolute Gasteiger partial charge is 0.123 e. The molecule has 2 aromatic carbocycles. The summed E-state index contributed by atoms with van der Waals surface area (Å²) in [6.07, 6.45) is 1.67. The lowest BCUT2D eigenvalue weighted by molar-refractivity contribution is 0.481. The SMILES string of the molecule is N#Cc1cccnc1Sc1ccc(O)c2ccccc12. The van der Waals surface area contributed by atoms with Crippen LogP contribution in [-0.2, 0) is 0 Å². The summed E-state index contributed by atoms with van der Waals surface area (Å²) in [6, 6.07) is 16.8. The van der Waals surface area contributed by atoms with E-state index in [0.717, 1.165) is 15.7 Å². The van der Waals surface area contributed by atoms with Crippen molar-refractivity contribution >= 4 is 22.5 Å². The van der Waals surface area contributed by atoms with Crippen LogP contribution in [0, 0.1) is 11.3 Å². The highest BCUT2D eigenvalue weighted by atomic mass is 32.2. The van der Waals surface area contributed by atoms with Crippen LogP contribution in [0.2, 0.25) is 0 Å². The normalized spacial score (nSPS) is 10.3. The van der Waals surface area contributed by atoms with Crippen molar-refractivity contribution in [1.82, 2.24) is 4.98 Å². The molecule has 96 valence electrons. The minimum atomic E-state index is 0.256. The molecule has 4 heteroatoms. The molecule has 0 aliphatic carbocycles. The Hall–Kier alpha value is -2.51. The summed E-state index contributed by atoms with van der Waals surface area (Å²) in [5.74, 6) is 0.256. The van der Waals surface area contributed by atoms with Gasteiger partial charge in [-0.3, -0.25) is 0 Å². The largest absolute Gasteiger partial charge is 0.507 e. The van der Waals surface area contributed by atoms with Crippen LogP contribution in [0.1, 0.15) is 5.56 Å². The second-order valence-corrected chi connectivity index (χ2v) is 5.23. The van der Waals surface area contributed by atoms with Crippen LogP contribution in [-0.4, -0.2) is 10.1 Å². The second-order valence-electron chi connectivity index (χ2n) is 4.20. The van der Waals surface area contributed by atoms with Crippen molar-refractivity contribution in [2.45, 2.75) is 9.92 Å². The Balaban J connectivity index is 2.12. The number of nitrogens with zero attached hydrogens (tertiary/aromatic N) is 2. The van der Waals surface area contributed by atoms with Crippen molar-refractivity contribution in [3.63, 3.8) is 0 Å². The first-order chi connectivity index (χ1) is 9.79. The van der Waals surface area contributed by atoms with Gasteiger partial charge in [-0.2, -0.15) is 5.26 Å². The van der Waals surface area contributed by atoms with E-state index in [2.05, 4.69) is 11.1 Å². The number of phenolic OH excluding ortho intramolecular Hbond substituents is 1. The maximum absolute atomic E-state index is 9.89. The van der Waals surface area contributed by atoms with Crippen molar-refractivity contribution in [3.8, 4) is 11.8 Å². The topological polar surface area (TPSA) is 56.9 Å². The number of rotatable bonds is 2. The standard InChI is InChI=1S/C16H10N2OS/c17-10-11-4-3-9-18-16(11)20-15-8-7-14(19)12-5-1-2-6-13(12)15/h1-9,19H. The number of pyridine rings is 1. The molecular formula is C16H10N2OS. The molecular weight excluding hydrogens is 268 g/mol. The van der Waals surface area contributed by atoms with E-state index >= 15 is 0 Å². The van der Waals surface area contributed by atoms with Gasteiger partial charge in [0.05, 0.1) is 5.56 Å². The summed E-state index contributed by atoms with van der Waals surface area (Å²) >= 11 is 1.43. The molecule has 0 atom stereocenters. The van der Waals surface area contributed by atoms with E-state index in [1.807, 2.05) is 30.3 Å². The quantitative estimate of drug-likeness (QED) is 0.770. The molecule has 0 radical (unpaired) electrons. The van der Waals surface area contributed by atoms with Gasteiger partial charge in [0.1, 0.15) is 16.8 Å². The van der Waals surface area contributed by atoms with Gasteiger partial charge in [-0.1, -0.05) is 36.0 Å². The van der Waals surface area contributed by atoms with Crippen LogP contribution in [0.25, 0.3) is 10.8 Å². The third kappa shape index (κ3) is 2.20. The van der Waals surface area contributed by atoms with Gasteiger partial charge in [0.2, 0.25) is 0 Å². The summed E-state index contributed by atoms with van der Waals surface area (Å²) in [7, 11) is 0. The lowest BCUT2D eigenvalue weighted by Gasteiger charge is -2.08. The van der Waals surface area contributed by atoms with Crippen LogP contribution in [0.3, 0.4) is 0 Å². The molecule has 0 amide bonds. The zero-order valence-electron chi connectivity index (χ0n) is 10.4. The number of benzene rings is 2. The van der Waals surface area contributed by atoms with Crippen molar-refractivity contribution in [3.05, 3.63) is 60.3 Å². The molecule has 0 bridgehead atoms. The number of nitriles is 1. The van der Waals surface area contributed by atoms with Gasteiger partial charge in [-0.15, -0.1) is 0 Å². The lowest BCUT2D eigenvalue weighted by Crippen LogP contribution is -1.86. The van der Waals surface area contributed by atoms with E-state index < -0.39 is 0 Å². The summed E-state index contributed by atoms with van der Waals surface area (Å²) < 4.78 is 0. The Kier molecular flexibility index (Phi) is 3.28. The van der Waals surface area contributed by atoms with E-state index in [1.54, 1.807) is 24.4 Å². The maximum Gasteiger partial charge on any atom is 0.123 e. The highest BCUT2D eigenvalue weighted by Gasteiger charge is 2.09. The highest BCUT2D eigenvalue weighted by molar-refractivity contribution is 7.99. The molecule has 0 fully saturated rings. The average molecular weight is 278 g/mol. The van der Waals surface area contributed by atoms with Crippen molar-refractivity contribution < 1.29 is 5.11 Å². The van der Waals surface area contributed by atoms with E-state index in [9.17, 15) is 5.11 Å². The summed E-state index contributed by atoms with van der Waals surface area (Å²) in [4.78, 5) is 5.22. The molecule has 1 N–H and O–H groups in total. The van der Waals surface area contributed by atoms with E-state index in [0.29, 0.717) is 10.6 Å². The predicted octanol–water partition coefficient (Wildman–Crippen LogP) is 3.96.